The highest BCUT2D eigenvalue weighted by atomic mass is 31.2. The topological polar surface area (TPSA) is 134 Å². The molecule has 314 valence electrons. The van der Waals surface area contributed by atoms with Gasteiger partial charge < -0.3 is 20.1 Å². The van der Waals surface area contributed by atoms with Crippen molar-refractivity contribution >= 4 is 19.8 Å². The van der Waals surface area contributed by atoms with Gasteiger partial charge in [0.25, 0.3) is 0 Å². The zero-order valence-corrected chi connectivity index (χ0v) is 35.3. The fraction of sp³-hybridized carbons (Fsp3) is 0.644. The second kappa shape index (κ2) is 40.8. The molecular weight excluding hydrogens is 713 g/mol. The predicted octanol–water partition coefficient (Wildman–Crippen LogP) is 12.0. The molecule has 0 amide bonds. The molecule has 0 saturated heterocycles. The van der Waals surface area contributed by atoms with Gasteiger partial charge in [0.1, 0.15) is 6.61 Å². The van der Waals surface area contributed by atoms with E-state index in [1.54, 1.807) is 0 Å². The molecule has 0 radical (unpaired) electrons. The lowest BCUT2D eigenvalue weighted by atomic mass is 10.1. The van der Waals surface area contributed by atoms with E-state index < -0.39 is 32.5 Å². The van der Waals surface area contributed by atoms with E-state index in [1.165, 1.54) is 6.42 Å². The molecule has 0 aliphatic rings. The van der Waals surface area contributed by atoms with E-state index in [9.17, 15) is 19.0 Å². The fourth-order valence-corrected chi connectivity index (χ4v) is 5.93. The molecule has 55 heavy (non-hydrogen) atoms. The summed E-state index contributed by atoms with van der Waals surface area (Å²) in [5.41, 5.74) is 5.34. The van der Waals surface area contributed by atoms with E-state index >= 15 is 0 Å². The maximum Gasteiger partial charge on any atom is 0.472 e. The maximum absolute atomic E-state index is 12.6. The van der Waals surface area contributed by atoms with Crippen LogP contribution in [0.15, 0.2) is 85.1 Å². The van der Waals surface area contributed by atoms with Crippen molar-refractivity contribution in [2.75, 3.05) is 26.4 Å². The van der Waals surface area contributed by atoms with Gasteiger partial charge in [0.2, 0.25) is 0 Å². The zero-order chi connectivity index (χ0) is 40.3. The van der Waals surface area contributed by atoms with Crippen molar-refractivity contribution in [3.8, 4) is 0 Å². The van der Waals surface area contributed by atoms with Crippen LogP contribution in [0.5, 0.6) is 0 Å². The number of phosphoric acid groups is 1. The first-order valence-corrected chi connectivity index (χ1v) is 22.6. The quantitative estimate of drug-likeness (QED) is 0.0271. The monoisotopic (exact) mass is 790 g/mol. The molecule has 0 rings (SSSR count). The summed E-state index contributed by atoms with van der Waals surface area (Å²) >= 11 is 0. The lowest BCUT2D eigenvalue weighted by Crippen LogP contribution is -2.29. The molecule has 0 saturated carbocycles. The van der Waals surface area contributed by atoms with Gasteiger partial charge in [0.05, 0.1) is 13.2 Å². The third kappa shape index (κ3) is 40.7. The number of hydrogen-bond acceptors (Lipinski definition) is 8. The van der Waals surface area contributed by atoms with Crippen LogP contribution < -0.4 is 5.73 Å². The van der Waals surface area contributed by atoms with Crippen molar-refractivity contribution in [3.63, 3.8) is 0 Å². The van der Waals surface area contributed by atoms with Crippen molar-refractivity contribution in [2.45, 2.75) is 161 Å². The molecule has 0 aliphatic carbocycles. The van der Waals surface area contributed by atoms with E-state index in [0.29, 0.717) is 12.8 Å². The Bertz CT molecular complexity index is 1170. The molecule has 2 unspecified atom stereocenters. The number of carbonyl (C=O) groups excluding carboxylic acids is 2. The number of unbranched alkanes of at least 4 members (excludes halogenated alkanes) is 11. The Morgan fingerprint density at radius 1 is 0.564 bits per heavy atom. The Morgan fingerprint density at radius 3 is 1.49 bits per heavy atom. The number of allylic oxidation sites excluding steroid dienone is 14. The average molecular weight is 790 g/mol. The Hall–Kier alpha value is -2.81. The summed E-state index contributed by atoms with van der Waals surface area (Å²) < 4.78 is 32.7. The molecule has 0 aromatic heterocycles. The first-order chi connectivity index (χ1) is 26.8. The summed E-state index contributed by atoms with van der Waals surface area (Å²) in [6.45, 7) is 3.49. The Balaban J connectivity index is 4.24. The molecule has 0 aliphatic heterocycles. The molecule has 9 nitrogen and oxygen atoms in total. The van der Waals surface area contributed by atoms with E-state index in [0.717, 1.165) is 109 Å². The van der Waals surface area contributed by atoms with Crippen LogP contribution in [0.2, 0.25) is 0 Å². The van der Waals surface area contributed by atoms with Crippen molar-refractivity contribution in [3.05, 3.63) is 85.1 Å². The standard InChI is InChI=1S/C45H76NO8P/c1-3-5-7-9-11-13-15-17-18-19-20-21-22-23-24-26-28-30-32-34-36-38-45(48)54-43(42-53-55(49,50)52-40-39-46)41-51-44(47)37-35-33-31-29-27-25-16-14-12-10-8-6-4-2/h5,7-8,10-11,13-14,16-18,20-21,23-24,43H,3-4,6,9,12,15,19,22,25-42,46H2,1-2H3,(H,49,50)/b7-5-,10-8-,13-11-,16-14-,18-17-,21-20-,24-23-. The molecule has 0 aromatic carbocycles. The molecule has 2 atom stereocenters. The second-order valence-electron chi connectivity index (χ2n) is 13.5. The number of ether oxygens (including phenoxy) is 2. The number of phosphoric ester groups is 1. The Morgan fingerprint density at radius 2 is 1.00 bits per heavy atom. The molecule has 0 fully saturated rings. The van der Waals surface area contributed by atoms with Gasteiger partial charge in [-0.25, -0.2) is 4.57 Å². The third-order valence-electron chi connectivity index (χ3n) is 8.25. The number of hydrogen-bond donors (Lipinski definition) is 2. The molecule has 0 aromatic rings. The van der Waals surface area contributed by atoms with E-state index in [1.807, 2.05) is 0 Å². The summed E-state index contributed by atoms with van der Waals surface area (Å²) in [5, 5.41) is 0. The van der Waals surface area contributed by atoms with Crippen LogP contribution in [0.1, 0.15) is 155 Å². The molecule has 0 heterocycles. The number of rotatable bonds is 38. The smallest absolute Gasteiger partial charge is 0.462 e. The van der Waals surface area contributed by atoms with Crippen LogP contribution in [0, 0.1) is 0 Å². The van der Waals surface area contributed by atoms with Crippen LogP contribution in [-0.4, -0.2) is 49.3 Å². The Labute approximate surface area is 334 Å². The van der Waals surface area contributed by atoms with Crippen LogP contribution in [0.3, 0.4) is 0 Å². The number of esters is 2. The summed E-state index contributed by atoms with van der Waals surface area (Å²) in [4.78, 5) is 34.8. The summed E-state index contributed by atoms with van der Waals surface area (Å²) in [7, 11) is -4.39. The van der Waals surface area contributed by atoms with Crippen molar-refractivity contribution in [1.82, 2.24) is 0 Å². The van der Waals surface area contributed by atoms with Gasteiger partial charge in [-0.2, -0.15) is 0 Å². The number of carbonyl (C=O) groups is 2. The Kier molecular flexibility index (Phi) is 38.8. The van der Waals surface area contributed by atoms with Crippen molar-refractivity contribution in [1.29, 1.82) is 0 Å². The van der Waals surface area contributed by atoms with Gasteiger partial charge in [0.15, 0.2) is 6.10 Å². The molecule has 3 N–H and O–H groups in total. The highest BCUT2D eigenvalue weighted by Gasteiger charge is 2.25. The minimum absolute atomic E-state index is 0.0430. The molecular formula is C45H76NO8P. The maximum atomic E-state index is 12.6. The highest BCUT2D eigenvalue weighted by molar-refractivity contribution is 7.47. The van der Waals surface area contributed by atoms with Crippen molar-refractivity contribution < 1.29 is 37.6 Å². The van der Waals surface area contributed by atoms with Gasteiger partial charge in [-0.15, -0.1) is 0 Å². The lowest BCUT2D eigenvalue weighted by Gasteiger charge is -2.19. The summed E-state index contributed by atoms with van der Waals surface area (Å²) in [6.07, 6.45) is 50.4. The van der Waals surface area contributed by atoms with Gasteiger partial charge in [-0.05, 0) is 83.5 Å². The van der Waals surface area contributed by atoms with Crippen LogP contribution in [0.25, 0.3) is 0 Å². The summed E-state index contributed by atoms with van der Waals surface area (Å²) in [6, 6.07) is 0. The lowest BCUT2D eigenvalue weighted by molar-refractivity contribution is -0.161. The zero-order valence-electron chi connectivity index (χ0n) is 34.4. The minimum Gasteiger partial charge on any atom is -0.462 e. The second-order valence-corrected chi connectivity index (χ2v) is 14.9. The normalized spacial score (nSPS) is 14.2. The molecule has 0 bridgehead atoms. The molecule has 0 spiro atoms. The fourth-order valence-electron chi connectivity index (χ4n) is 5.17. The van der Waals surface area contributed by atoms with E-state index in [4.69, 9.17) is 24.3 Å². The van der Waals surface area contributed by atoms with Gasteiger partial charge >= 0.3 is 19.8 Å². The van der Waals surface area contributed by atoms with Crippen molar-refractivity contribution in [2.24, 2.45) is 5.73 Å². The number of nitrogens with two attached hydrogens (primary N) is 1. The molecule has 10 heteroatoms. The van der Waals surface area contributed by atoms with E-state index in [-0.39, 0.29) is 32.6 Å². The average Bonchev–Trinajstić information content (AvgIpc) is 3.17. The van der Waals surface area contributed by atoms with Gasteiger partial charge in [-0.3, -0.25) is 18.6 Å². The third-order valence-corrected chi connectivity index (χ3v) is 9.23. The van der Waals surface area contributed by atoms with Gasteiger partial charge in [-0.1, -0.05) is 144 Å². The van der Waals surface area contributed by atoms with E-state index in [2.05, 4.69) is 98.9 Å². The minimum atomic E-state index is -4.39. The van der Waals surface area contributed by atoms with Crippen LogP contribution in [0.4, 0.5) is 0 Å². The first-order valence-electron chi connectivity index (χ1n) is 21.1. The predicted molar refractivity (Wildman–Crippen MR) is 229 cm³/mol. The van der Waals surface area contributed by atoms with Gasteiger partial charge in [0, 0.05) is 19.4 Å². The van der Waals surface area contributed by atoms with Crippen LogP contribution >= 0.6 is 7.82 Å². The first kappa shape index (κ1) is 52.2. The largest absolute Gasteiger partial charge is 0.472 e. The SMILES string of the molecule is CC/C=C\C/C=C\C/C=C\C/C=C\C/C=C\CCCCCCCC(=O)OC(COC(=O)CCCCCCC/C=C\C/C=C\CCC)COP(=O)(O)OCCN. The van der Waals surface area contributed by atoms with Crippen LogP contribution in [-0.2, 0) is 32.7 Å². The highest BCUT2D eigenvalue weighted by Crippen LogP contribution is 2.43. The summed E-state index contributed by atoms with van der Waals surface area (Å²) in [5.74, 6) is -0.877.